The van der Waals surface area contributed by atoms with Crippen molar-refractivity contribution in [3.8, 4) is 0 Å². The number of benzene rings is 1. The van der Waals surface area contributed by atoms with E-state index in [-0.39, 0.29) is 31.4 Å². The number of hydrogen-bond acceptors (Lipinski definition) is 4. The Bertz CT molecular complexity index is 348. The topological polar surface area (TPSA) is 61.5 Å². The maximum Gasteiger partial charge on any atom is 0.0555 e. The standard InChI is InChI=1S/C13H21N3O.2ClH/c14-11-3-5-12(6-4-11)16-8-1-2-13(16)10-15-7-9-17;;/h3-6,13,15,17H,1-2,7-10,14H2;2*1H. The minimum absolute atomic E-state index is 0. The summed E-state index contributed by atoms with van der Waals surface area (Å²) in [5, 5.41) is 12.0. The molecule has 0 bridgehead atoms. The first-order chi connectivity index (χ1) is 8.31. The first-order valence-electron chi connectivity index (χ1n) is 6.25. The van der Waals surface area contributed by atoms with Gasteiger partial charge in [-0.3, -0.25) is 0 Å². The summed E-state index contributed by atoms with van der Waals surface area (Å²) in [5.74, 6) is 0. The summed E-state index contributed by atoms with van der Waals surface area (Å²) in [5.41, 5.74) is 7.75. The molecule has 0 aliphatic carbocycles. The fourth-order valence-electron chi connectivity index (χ4n) is 2.40. The summed E-state index contributed by atoms with van der Waals surface area (Å²) in [7, 11) is 0. The molecule has 1 fully saturated rings. The quantitative estimate of drug-likeness (QED) is 0.572. The second-order valence-electron chi connectivity index (χ2n) is 4.51. The van der Waals surface area contributed by atoms with Crippen LogP contribution in [0.25, 0.3) is 0 Å². The van der Waals surface area contributed by atoms with Crippen molar-refractivity contribution < 1.29 is 5.11 Å². The van der Waals surface area contributed by atoms with Crippen LogP contribution in [-0.4, -0.2) is 37.4 Å². The van der Waals surface area contributed by atoms with Gasteiger partial charge in [-0.05, 0) is 37.1 Å². The Morgan fingerprint density at radius 2 is 1.95 bits per heavy atom. The predicted octanol–water partition coefficient (Wildman–Crippen LogP) is 1.66. The van der Waals surface area contributed by atoms with Crippen LogP contribution in [0.1, 0.15) is 12.8 Å². The molecule has 1 aromatic carbocycles. The summed E-state index contributed by atoms with van der Waals surface area (Å²) in [6.45, 7) is 2.92. The molecule has 0 saturated carbocycles. The number of nitrogens with zero attached hydrogens (tertiary/aromatic N) is 1. The maximum atomic E-state index is 8.76. The average Bonchev–Trinajstić information content (AvgIpc) is 2.79. The van der Waals surface area contributed by atoms with Gasteiger partial charge in [0.1, 0.15) is 0 Å². The van der Waals surface area contributed by atoms with Crippen molar-refractivity contribution in [2.45, 2.75) is 18.9 Å². The van der Waals surface area contributed by atoms with Gasteiger partial charge in [0, 0.05) is 37.1 Å². The molecule has 19 heavy (non-hydrogen) atoms. The Kier molecular flexibility index (Phi) is 8.93. The number of hydrogen-bond donors (Lipinski definition) is 3. The molecule has 1 heterocycles. The zero-order chi connectivity index (χ0) is 12.1. The van der Waals surface area contributed by atoms with E-state index in [1.165, 1.54) is 18.5 Å². The van der Waals surface area contributed by atoms with Gasteiger partial charge in [-0.15, -0.1) is 24.8 Å². The highest BCUT2D eigenvalue weighted by atomic mass is 35.5. The Morgan fingerprint density at radius 3 is 2.58 bits per heavy atom. The summed E-state index contributed by atoms with van der Waals surface area (Å²) < 4.78 is 0. The molecule has 0 spiro atoms. The Labute approximate surface area is 127 Å². The van der Waals surface area contributed by atoms with E-state index in [4.69, 9.17) is 10.8 Å². The van der Waals surface area contributed by atoms with E-state index in [2.05, 4.69) is 22.3 Å². The van der Waals surface area contributed by atoms with E-state index in [1.54, 1.807) is 0 Å². The molecule has 1 aliphatic heterocycles. The Balaban J connectivity index is 0.00000162. The van der Waals surface area contributed by atoms with Gasteiger partial charge in [-0.1, -0.05) is 0 Å². The van der Waals surface area contributed by atoms with Crippen molar-refractivity contribution in [2.75, 3.05) is 36.9 Å². The van der Waals surface area contributed by atoms with Crippen LogP contribution in [0.3, 0.4) is 0 Å². The number of nitrogen functional groups attached to an aromatic ring is 1. The summed E-state index contributed by atoms with van der Waals surface area (Å²) in [6.07, 6.45) is 2.44. The highest BCUT2D eigenvalue weighted by molar-refractivity contribution is 5.85. The number of rotatable bonds is 5. The lowest BCUT2D eigenvalue weighted by molar-refractivity contribution is 0.291. The van der Waals surface area contributed by atoms with Gasteiger partial charge >= 0.3 is 0 Å². The third-order valence-corrected chi connectivity index (χ3v) is 3.27. The average molecular weight is 308 g/mol. The number of aliphatic hydroxyl groups excluding tert-OH is 1. The zero-order valence-electron chi connectivity index (χ0n) is 10.9. The van der Waals surface area contributed by atoms with Gasteiger partial charge in [-0.25, -0.2) is 0 Å². The molecule has 0 amide bonds. The third-order valence-electron chi connectivity index (χ3n) is 3.27. The highest BCUT2D eigenvalue weighted by Crippen LogP contribution is 2.25. The van der Waals surface area contributed by atoms with E-state index in [1.807, 2.05) is 12.1 Å². The lowest BCUT2D eigenvalue weighted by Crippen LogP contribution is -2.38. The first kappa shape index (κ1) is 18.3. The molecule has 1 saturated heterocycles. The van der Waals surface area contributed by atoms with Crippen LogP contribution in [-0.2, 0) is 0 Å². The molecule has 0 radical (unpaired) electrons. The number of aliphatic hydroxyl groups is 1. The lowest BCUT2D eigenvalue weighted by Gasteiger charge is -2.27. The van der Waals surface area contributed by atoms with E-state index >= 15 is 0 Å². The number of nitrogens with two attached hydrogens (primary N) is 1. The molecule has 1 unspecified atom stereocenters. The smallest absolute Gasteiger partial charge is 0.0555 e. The maximum absolute atomic E-state index is 8.76. The van der Waals surface area contributed by atoms with Crippen LogP contribution >= 0.6 is 24.8 Å². The minimum Gasteiger partial charge on any atom is -0.399 e. The van der Waals surface area contributed by atoms with E-state index in [9.17, 15) is 0 Å². The molecular weight excluding hydrogens is 285 g/mol. The Morgan fingerprint density at radius 1 is 1.26 bits per heavy atom. The van der Waals surface area contributed by atoms with Gasteiger partial charge in [-0.2, -0.15) is 0 Å². The molecular formula is C13H23Cl2N3O. The number of anilines is 2. The molecule has 1 aliphatic rings. The zero-order valence-corrected chi connectivity index (χ0v) is 12.6. The van der Waals surface area contributed by atoms with E-state index in [0.717, 1.165) is 18.8 Å². The molecule has 4 nitrogen and oxygen atoms in total. The van der Waals surface area contributed by atoms with Crippen molar-refractivity contribution in [3.05, 3.63) is 24.3 Å². The van der Waals surface area contributed by atoms with Crippen LogP contribution in [0.4, 0.5) is 11.4 Å². The predicted molar refractivity (Wildman–Crippen MR) is 85.7 cm³/mol. The SMILES string of the molecule is Cl.Cl.Nc1ccc(N2CCCC2CNCCO)cc1. The summed E-state index contributed by atoms with van der Waals surface area (Å²) in [6, 6.07) is 8.60. The molecule has 1 atom stereocenters. The largest absolute Gasteiger partial charge is 0.399 e. The molecule has 0 aromatic heterocycles. The van der Waals surface area contributed by atoms with Crippen molar-refractivity contribution in [3.63, 3.8) is 0 Å². The monoisotopic (exact) mass is 307 g/mol. The number of halogens is 2. The summed E-state index contributed by atoms with van der Waals surface area (Å²) in [4.78, 5) is 2.42. The fraction of sp³-hybridized carbons (Fsp3) is 0.538. The van der Waals surface area contributed by atoms with Gasteiger partial charge < -0.3 is 21.1 Å². The van der Waals surface area contributed by atoms with Crippen LogP contribution in [0.2, 0.25) is 0 Å². The van der Waals surface area contributed by atoms with E-state index < -0.39 is 0 Å². The van der Waals surface area contributed by atoms with Crippen molar-refractivity contribution in [2.24, 2.45) is 0 Å². The molecule has 110 valence electrons. The molecule has 2 rings (SSSR count). The normalized spacial score (nSPS) is 17.7. The van der Waals surface area contributed by atoms with E-state index in [0.29, 0.717) is 12.6 Å². The number of nitrogens with one attached hydrogen (secondary N) is 1. The summed E-state index contributed by atoms with van der Waals surface area (Å²) >= 11 is 0. The first-order valence-corrected chi connectivity index (χ1v) is 6.25. The lowest BCUT2D eigenvalue weighted by atomic mass is 10.2. The van der Waals surface area contributed by atoms with Crippen LogP contribution in [0.15, 0.2) is 24.3 Å². The van der Waals surface area contributed by atoms with Crippen LogP contribution in [0, 0.1) is 0 Å². The fourth-order valence-corrected chi connectivity index (χ4v) is 2.40. The van der Waals surface area contributed by atoms with Gasteiger partial charge in [0.2, 0.25) is 0 Å². The van der Waals surface area contributed by atoms with Gasteiger partial charge in [0.15, 0.2) is 0 Å². The second kappa shape index (κ2) is 9.26. The van der Waals surface area contributed by atoms with Crippen LogP contribution in [0.5, 0.6) is 0 Å². The van der Waals surface area contributed by atoms with Crippen molar-refractivity contribution >= 4 is 36.2 Å². The van der Waals surface area contributed by atoms with Crippen LogP contribution < -0.4 is 16.0 Å². The Hall–Kier alpha value is -0.680. The second-order valence-corrected chi connectivity index (χ2v) is 4.51. The van der Waals surface area contributed by atoms with Crippen molar-refractivity contribution in [1.29, 1.82) is 0 Å². The highest BCUT2D eigenvalue weighted by Gasteiger charge is 2.23. The molecule has 4 N–H and O–H groups in total. The van der Waals surface area contributed by atoms with Gasteiger partial charge in [0.25, 0.3) is 0 Å². The molecule has 1 aromatic rings. The third kappa shape index (κ3) is 5.07. The minimum atomic E-state index is 0. The van der Waals surface area contributed by atoms with Gasteiger partial charge in [0.05, 0.1) is 6.61 Å². The molecule has 6 heteroatoms. The van der Waals surface area contributed by atoms with Crippen molar-refractivity contribution in [1.82, 2.24) is 5.32 Å².